The predicted octanol–water partition coefficient (Wildman–Crippen LogP) is 6.75. The maximum absolute atomic E-state index is 12.1. The summed E-state index contributed by atoms with van der Waals surface area (Å²) in [4.78, 5) is 4.41. The number of benzene rings is 3. The summed E-state index contributed by atoms with van der Waals surface area (Å²) < 4.78 is 54.6. The summed E-state index contributed by atoms with van der Waals surface area (Å²) in [6.07, 6.45) is 13.7. The molecule has 0 radical (unpaired) electrons. The summed E-state index contributed by atoms with van der Waals surface area (Å²) in [5, 5.41) is 42.8. The Hall–Kier alpha value is -3.84. The van der Waals surface area contributed by atoms with E-state index in [0.717, 1.165) is 88.0 Å². The van der Waals surface area contributed by atoms with Gasteiger partial charge in [0.25, 0.3) is 0 Å². The summed E-state index contributed by atoms with van der Waals surface area (Å²) in [7, 11) is -0.543. The van der Waals surface area contributed by atoms with Crippen LogP contribution >= 0.6 is 36.1 Å². The molecule has 66 heavy (non-hydrogen) atoms. The van der Waals surface area contributed by atoms with Crippen LogP contribution in [0, 0.1) is 0 Å². The number of nitrogens with zero attached hydrogens (tertiary/aromatic N) is 4. The Morgan fingerprint density at radius 2 is 1.08 bits per heavy atom. The highest BCUT2D eigenvalue weighted by Gasteiger charge is 2.50. The minimum absolute atomic E-state index is 0.165. The molecule has 7 rings (SSSR count). The van der Waals surface area contributed by atoms with Crippen molar-refractivity contribution in [2.45, 2.75) is 99.7 Å². The molecular formula is C46H52N4O12S4-2. The number of fused-ring (bicyclic) bond motifs is 4. The molecule has 0 spiro atoms. The summed E-state index contributed by atoms with van der Waals surface area (Å²) in [5.41, 5.74) is 9.97. The lowest BCUT2D eigenvalue weighted by Gasteiger charge is -2.29. The quantitative estimate of drug-likeness (QED) is 0.0324. The number of anilines is 2. The zero-order valence-corrected chi connectivity index (χ0v) is 41.5. The van der Waals surface area contributed by atoms with Crippen molar-refractivity contribution in [3.63, 3.8) is 0 Å². The van der Waals surface area contributed by atoms with Gasteiger partial charge in [0.15, 0.2) is 11.4 Å². The van der Waals surface area contributed by atoms with E-state index < -0.39 is 26.4 Å². The second kappa shape index (κ2) is 19.3. The van der Waals surface area contributed by atoms with Gasteiger partial charge in [-0.1, -0.05) is 26.0 Å². The molecule has 0 bridgehead atoms. The summed E-state index contributed by atoms with van der Waals surface area (Å²) in [6.45, 7) is 17.1. The molecule has 0 saturated heterocycles. The molecule has 3 aromatic rings. The Balaban J connectivity index is 1.21. The Bertz CT molecular complexity index is 2720. The highest BCUT2D eigenvalue weighted by Crippen LogP contribution is 2.53. The first kappa shape index (κ1) is 50.0. The van der Waals surface area contributed by atoms with Gasteiger partial charge < -0.3 is 30.1 Å². The molecule has 0 fully saturated rings. The van der Waals surface area contributed by atoms with Crippen molar-refractivity contribution in [2.75, 3.05) is 35.6 Å². The Morgan fingerprint density at radius 3 is 1.50 bits per heavy atom. The molecular weight excluding hydrogens is 929 g/mol. The molecule has 0 aliphatic carbocycles. The molecule has 4 heterocycles. The summed E-state index contributed by atoms with van der Waals surface area (Å²) >= 11 is 2.52. The molecule has 4 aliphatic rings. The van der Waals surface area contributed by atoms with Crippen LogP contribution in [0.15, 0.2) is 106 Å². The van der Waals surface area contributed by atoms with E-state index in [4.69, 9.17) is 4.33 Å². The van der Waals surface area contributed by atoms with Gasteiger partial charge in [-0.05, 0) is 114 Å². The van der Waals surface area contributed by atoms with Gasteiger partial charge >= 0.3 is 0 Å². The molecule has 0 saturated carbocycles. The molecule has 20 heteroatoms. The van der Waals surface area contributed by atoms with E-state index >= 15 is 0 Å². The fourth-order valence-electron chi connectivity index (χ4n) is 10.1. The van der Waals surface area contributed by atoms with Gasteiger partial charge in [-0.15, -0.1) is 0 Å². The third kappa shape index (κ3) is 8.63. The van der Waals surface area contributed by atoms with Crippen LogP contribution in [0.5, 0.6) is 0 Å². The van der Waals surface area contributed by atoms with E-state index in [1.54, 1.807) is 6.07 Å². The van der Waals surface area contributed by atoms with Gasteiger partial charge in [-0.3, -0.25) is 15.1 Å². The van der Waals surface area contributed by atoms with Crippen molar-refractivity contribution >= 4 is 80.4 Å². The highest BCUT2D eigenvalue weighted by molar-refractivity contribution is 7.95. The van der Waals surface area contributed by atoms with Crippen molar-refractivity contribution in [3.8, 4) is 0 Å². The highest BCUT2D eigenvalue weighted by atomic mass is 32.2. The third-order valence-electron chi connectivity index (χ3n) is 14.0. The minimum Gasteiger partial charge on any atom is -0.744 e. The van der Waals surface area contributed by atoms with Gasteiger partial charge in [-0.2, -0.15) is 22.2 Å². The largest absolute Gasteiger partial charge is 0.744 e. The Kier molecular flexibility index (Phi) is 14.6. The van der Waals surface area contributed by atoms with Crippen molar-refractivity contribution in [1.82, 2.24) is 0 Å². The van der Waals surface area contributed by atoms with Gasteiger partial charge in [-0.25, -0.2) is 8.42 Å². The first-order valence-corrected chi connectivity index (χ1v) is 25.0. The van der Waals surface area contributed by atoms with E-state index in [0.29, 0.717) is 22.6 Å². The van der Waals surface area contributed by atoms with E-state index in [-0.39, 0.29) is 22.1 Å². The summed E-state index contributed by atoms with van der Waals surface area (Å²) in [6, 6.07) is 14.7. The van der Waals surface area contributed by atoms with Crippen molar-refractivity contribution < 1.29 is 66.0 Å². The zero-order valence-electron chi connectivity index (χ0n) is 38.2. The van der Waals surface area contributed by atoms with E-state index in [2.05, 4.69) is 130 Å². The Morgan fingerprint density at radius 1 is 0.636 bits per heavy atom. The Labute approximate surface area is 398 Å². The minimum atomic E-state index is -4.70. The zero-order chi connectivity index (χ0) is 48.0. The fourth-order valence-corrected chi connectivity index (χ4v) is 12.0. The van der Waals surface area contributed by atoms with E-state index in [9.17, 15) is 28.7 Å². The molecule has 16 nitrogen and oxygen atoms in total. The van der Waals surface area contributed by atoms with Crippen LogP contribution in [0.1, 0.15) is 90.5 Å². The smallest absolute Gasteiger partial charge is 0.210 e. The molecule has 354 valence electrons. The van der Waals surface area contributed by atoms with Crippen LogP contribution < -0.4 is 25.6 Å². The number of hydrogen-bond acceptors (Lipinski definition) is 17. The molecule has 2 unspecified atom stereocenters. The molecule has 0 aromatic heterocycles. The maximum Gasteiger partial charge on any atom is 0.210 e. The second-order valence-electron chi connectivity index (χ2n) is 17.9. The topological polar surface area (TPSA) is 194 Å². The molecule has 0 amide bonds. The molecule has 4 aliphatic heterocycles. The summed E-state index contributed by atoms with van der Waals surface area (Å²) in [5.74, 6) is 0.445. The van der Waals surface area contributed by atoms with Crippen LogP contribution in [0.4, 0.5) is 22.7 Å². The van der Waals surface area contributed by atoms with Crippen molar-refractivity contribution in [3.05, 3.63) is 119 Å². The lowest BCUT2D eigenvalue weighted by atomic mass is 9.77. The number of rotatable bonds is 18. The van der Waals surface area contributed by atoms with Crippen molar-refractivity contribution in [1.29, 1.82) is 0 Å². The molecule has 2 atom stereocenters. The monoisotopic (exact) mass is 980 g/mol. The van der Waals surface area contributed by atoms with Crippen LogP contribution in [-0.4, -0.2) is 59.4 Å². The lowest BCUT2D eigenvalue weighted by Crippen LogP contribution is -2.28. The first-order chi connectivity index (χ1) is 31.3. The van der Waals surface area contributed by atoms with Gasteiger partial charge in [0.05, 0.1) is 63.6 Å². The van der Waals surface area contributed by atoms with E-state index in [1.165, 1.54) is 23.3 Å². The van der Waals surface area contributed by atoms with Crippen molar-refractivity contribution in [2.24, 2.45) is 0 Å². The number of allylic oxidation sites excluding steroid dienone is 8. The van der Waals surface area contributed by atoms with Crippen LogP contribution in [0.3, 0.4) is 0 Å². The van der Waals surface area contributed by atoms with Crippen LogP contribution in [-0.2, 0) is 59.9 Å². The van der Waals surface area contributed by atoms with Gasteiger partial charge in [0.2, 0.25) is 11.4 Å². The second-order valence-corrected chi connectivity index (χ2v) is 21.3. The number of hydrogen-bond donors (Lipinski definition) is 0. The SMILES string of the molecule is CCC1(C)C(=CC=CC2=[N+](C)c3cc4c(cc3C2(C)C)[N+](C)=C(C=CC=C2N(CSOO[O-])c3ccc(S(=O)(=O)[O-])cc3C2(C)CC)C4(C)C)N(CSOO[O-])c2ccc(SOO[O-])cc21. The predicted molar refractivity (Wildman–Crippen MR) is 247 cm³/mol. The van der Waals surface area contributed by atoms with Crippen LogP contribution in [0.2, 0.25) is 0 Å². The van der Waals surface area contributed by atoms with Crippen LogP contribution in [0.25, 0.3) is 0 Å². The fraction of sp³-hybridized carbons (Fsp3) is 0.391. The standard InChI is InChI=1S/C46H54N4O12S4/c1-11-45(7)33-23-29(65-62-59-53)19-21-35(33)49(27-63-60-57-51)41(45)17-13-15-39-43(3,4)31-25-38-32(26-37(31)47(39)9)44(5,6)40(48(38)10)16-14-18-42-46(8,12-2)34-24-30(66(54,55)56)20-22-36(34)50(42)28-64-61-58-52/h13-26H,11-12,27-28H2,1-10H3,(H2-2,51,52,53,54,55,56)/p-2. The first-order valence-electron chi connectivity index (χ1n) is 21.0. The average molecular weight is 981 g/mol. The van der Waals surface area contributed by atoms with Gasteiger partial charge in [0.1, 0.15) is 24.2 Å². The van der Waals surface area contributed by atoms with Gasteiger partial charge in [0, 0.05) is 73.9 Å². The molecule has 0 N–H and O–H groups in total. The molecule has 3 aromatic carbocycles. The maximum atomic E-state index is 12.1. The third-order valence-corrected chi connectivity index (χ3v) is 16.4. The van der Waals surface area contributed by atoms with E-state index in [1.807, 2.05) is 49.1 Å². The normalized spacial score (nSPS) is 23.1. The average Bonchev–Trinajstić information content (AvgIpc) is 3.82. The lowest BCUT2D eigenvalue weighted by molar-refractivity contribution is -0.777.